The van der Waals surface area contributed by atoms with Crippen LogP contribution in [0.2, 0.25) is 5.02 Å². The molecule has 0 amide bonds. The van der Waals surface area contributed by atoms with Crippen LogP contribution in [0.4, 0.5) is 5.69 Å². The van der Waals surface area contributed by atoms with Gasteiger partial charge in [0.25, 0.3) is 10.0 Å². The van der Waals surface area contributed by atoms with E-state index in [1.165, 1.54) is 32.4 Å². The lowest BCUT2D eigenvalue weighted by Crippen LogP contribution is -2.13. The van der Waals surface area contributed by atoms with Crippen LogP contribution < -0.4 is 14.2 Å². The van der Waals surface area contributed by atoms with E-state index in [4.69, 9.17) is 21.1 Å². The molecule has 0 heterocycles. The largest absolute Gasteiger partial charge is 0.493 e. The van der Waals surface area contributed by atoms with Gasteiger partial charge in [0.15, 0.2) is 11.5 Å². The number of hydrogen-bond donors (Lipinski definition) is 1. The second kappa shape index (κ2) is 6.46. The van der Waals surface area contributed by atoms with Crippen LogP contribution in [0.5, 0.6) is 11.5 Å². The molecular weight excluding hydrogens is 326 g/mol. The molecule has 0 radical (unpaired) electrons. The summed E-state index contributed by atoms with van der Waals surface area (Å²) in [6.45, 7) is 1.87. The highest BCUT2D eigenvalue weighted by Crippen LogP contribution is 2.31. The highest BCUT2D eigenvalue weighted by atomic mass is 35.5. The summed E-state index contributed by atoms with van der Waals surface area (Å²) in [6, 6.07) is 9.45. The SMILES string of the molecule is COc1ccc(S(=O)(=O)Nc2ccc(C)cc2Cl)cc1OC. The van der Waals surface area contributed by atoms with Crippen molar-refractivity contribution in [2.45, 2.75) is 11.8 Å². The number of nitrogens with one attached hydrogen (secondary N) is 1. The van der Waals surface area contributed by atoms with E-state index < -0.39 is 10.0 Å². The minimum absolute atomic E-state index is 0.0572. The van der Waals surface area contributed by atoms with Gasteiger partial charge >= 0.3 is 0 Å². The maximum absolute atomic E-state index is 12.4. The Morgan fingerprint density at radius 3 is 2.27 bits per heavy atom. The van der Waals surface area contributed by atoms with Crippen LogP contribution in [-0.4, -0.2) is 22.6 Å². The van der Waals surface area contributed by atoms with Gasteiger partial charge in [-0.2, -0.15) is 0 Å². The molecule has 0 unspecified atom stereocenters. The number of methoxy groups -OCH3 is 2. The minimum atomic E-state index is -3.78. The molecule has 118 valence electrons. The summed E-state index contributed by atoms with van der Waals surface area (Å²) in [5.41, 5.74) is 1.26. The fraction of sp³-hybridized carbons (Fsp3) is 0.200. The van der Waals surface area contributed by atoms with Crippen molar-refractivity contribution < 1.29 is 17.9 Å². The molecule has 2 aromatic rings. The Hall–Kier alpha value is -1.92. The summed E-state index contributed by atoms with van der Waals surface area (Å²) in [4.78, 5) is 0.0572. The van der Waals surface area contributed by atoms with Gasteiger partial charge in [0.2, 0.25) is 0 Å². The topological polar surface area (TPSA) is 64.6 Å². The van der Waals surface area contributed by atoms with E-state index in [-0.39, 0.29) is 4.90 Å². The molecule has 0 atom stereocenters. The minimum Gasteiger partial charge on any atom is -0.493 e. The number of hydrogen-bond acceptors (Lipinski definition) is 4. The van der Waals surface area contributed by atoms with Crippen LogP contribution in [0.3, 0.4) is 0 Å². The molecule has 0 aliphatic heterocycles. The zero-order chi connectivity index (χ0) is 16.3. The smallest absolute Gasteiger partial charge is 0.262 e. The van der Waals surface area contributed by atoms with E-state index in [9.17, 15) is 8.42 Å². The fourth-order valence-electron chi connectivity index (χ4n) is 1.89. The molecule has 0 aromatic heterocycles. The number of rotatable bonds is 5. The van der Waals surface area contributed by atoms with Crippen LogP contribution in [0, 0.1) is 6.92 Å². The van der Waals surface area contributed by atoms with Gasteiger partial charge in [-0.05, 0) is 36.8 Å². The monoisotopic (exact) mass is 341 g/mol. The quantitative estimate of drug-likeness (QED) is 0.904. The maximum atomic E-state index is 12.4. The van der Waals surface area contributed by atoms with Crippen molar-refractivity contribution in [1.29, 1.82) is 0 Å². The fourth-order valence-corrected chi connectivity index (χ4v) is 3.32. The zero-order valence-corrected chi connectivity index (χ0v) is 14.0. The standard InChI is InChI=1S/C15H16ClNO4S/c1-10-4-6-13(12(16)8-10)17-22(18,19)11-5-7-14(20-2)15(9-11)21-3/h4-9,17H,1-3H3. The summed E-state index contributed by atoms with van der Waals surface area (Å²) < 4.78 is 37.6. The Morgan fingerprint density at radius 1 is 1.00 bits per heavy atom. The van der Waals surface area contributed by atoms with Gasteiger partial charge in [-0.15, -0.1) is 0 Å². The Morgan fingerprint density at radius 2 is 1.68 bits per heavy atom. The van der Waals surface area contributed by atoms with Crippen molar-refractivity contribution in [3.8, 4) is 11.5 Å². The third-order valence-electron chi connectivity index (χ3n) is 3.03. The molecule has 7 heteroatoms. The predicted octanol–water partition coefficient (Wildman–Crippen LogP) is 3.47. The Kier molecular flexibility index (Phi) is 4.83. The molecule has 1 N–H and O–H groups in total. The molecule has 0 fully saturated rings. The first-order valence-electron chi connectivity index (χ1n) is 6.38. The first-order valence-corrected chi connectivity index (χ1v) is 8.24. The second-order valence-corrected chi connectivity index (χ2v) is 6.70. The number of sulfonamides is 1. The lowest BCUT2D eigenvalue weighted by Gasteiger charge is -2.12. The van der Waals surface area contributed by atoms with Gasteiger partial charge < -0.3 is 9.47 Å². The van der Waals surface area contributed by atoms with Crippen molar-refractivity contribution in [2.24, 2.45) is 0 Å². The average molecular weight is 342 g/mol. The number of ether oxygens (including phenoxy) is 2. The summed E-state index contributed by atoms with van der Waals surface area (Å²) in [5, 5.41) is 0.337. The number of halogens is 1. The third-order valence-corrected chi connectivity index (χ3v) is 4.71. The van der Waals surface area contributed by atoms with E-state index >= 15 is 0 Å². The van der Waals surface area contributed by atoms with Crippen molar-refractivity contribution in [3.05, 3.63) is 47.0 Å². The molecule has 2 rings (SSSR count). The van der Waals surface area contributed by atoms with Crippen LogP contribution in [-0.2, 0) is 10.0 Å². The molecule has 0 aliphatic carbocycles. The van der Waals surface area contributed by atoms with Crippen LogP contribution in [0.1, 0.15) is 5.56 Å². The zero-order valence-electron chi connectivity index (χ0n) is 12.4. The number of benzene rings is 2. The molecule has 0 bridgehead atoms. The Labute approximate surface area is 134 Å². The summed E-state index contributed by atoms with van der Waals surface area (Å²) in [6.07, 6.45) is 0. The summed E-state index contributed by atoms with van der Waals surface area (Å²) >= 11 is 6.06. The predicted molar refractivity (Wildman–Crippen MR) is 86.5 cm³/mol. The Bertz CT molecular complexity index is 790. The molecule has 5 nitrogen and oxygen atoms in total. The Balaban J connectivity index is 2.38. The molecule has 0 saturated carbocycles. The van der Waals surface area contributed by atoms with Crippen molar-refractivity contribution in [2.75, 3.05) is 18.9 Å². The lowest BCUT2D eigenvalue weighted by molar-refractivity contribution is 0.354. The van der Waals surface area contributed by atoms with Gasteiger partial charge in [0.1, 0.15) is 0 Å². The molecule has 22 heavy (non-hydrogen) atoms. The summed E-state index contributed by atoms with van der Waals surface area (Å²) in [7, 11) is -0.851. The van der Waals surface area contributed by atoms with Crippen molar-refractivity contribution in [1.82, 2.24) is 0 Å². The molecule has 0 saturated heterocycles. The highest BCUT2D eigenvalue weighted by molar-refractivity contribution is 7.92. The van der Waals surface area contributed by atoms with Crippen LogP contribution in [0.15, 0.2) is 41.3 Å². The van der Waals surface area contributed by atoms with Crippen molar-refractivity contribution >= 4 is 27.3 Å². The number of aryl methyl sites for hydroxylation is 1. The van der Waals surface area contributed by atoms with E-state index in [1.807, 2.05) is 6.92 Å². The molecule has 0 aliphatic rings. The van der Waals surface area contributed by atoms with Crippen LogP contribution in [0.25, 0.3) is 0 Å². The van der Waals surface area contributed by atoms with Gasteiger partial charge in [0, 0.05) is 6.07 Å². The van der Waals surface area contributed by atoms with E-state index in [0.717, 1.165) is 5.56 Å². The molecule has 2 aromatic carbocycles. The van der Waals surface area contributed by atoms with Gasteiger partial charge in [-0.25, -0.2) is 8.42 Å². The molecule has 0 spiro atoms. The van der Waals surface area contributed by atoms with Crippen molar-refractivity contribution in [3.63, 3.8) is 0 Å². The second-order valence-electron chi connectivity index (χ2n) is 4.61. The lowest BCUT2D eigenvalue weighted by atomic mass is 10.2. The summed E-state index contributed by atoms with van der Waals surface area (Å²) in [5.74, 6) is 0.787. The van der Waals surface area contributed by atoms with Gasteiger partial charge in [-0.1, -0.05) is 17.7 Å². The first kappa shape index (κ1) is 16.5. The molecular formula is C15H16ClNO4S. The average Bonchev–Trinajstić information content (AvgIpc) is 2.49. The third kappa shape index (κ3) is 3.45. The van der Waals surface area contributed by atoms with E-state index in [1.54, 1.807) is 18.2 Å². The maximum Gasteiger partial charge on any atom is 0.262 e. The highest BCUT2D eigenvalue weighted by Gasteiger charge is 2.18. The number of anilines is 1. The van der Waals surface area contributed by atoms with E-state index in [2.05, 4.69) is 4.72 Å². The first-order chi connectivity index (χ1) is 10.4. The van der Waals surface area contributed by atoms with E-state index in [0.29, 0.717) is 22.2 Å². The van der Waals surface area contributed by atoms with Gasteiger partial charge in [-0.3, -0.25) is 4.72 Å². The normalized spacial score (nSPS) is 11.1. The van der Waals surface area contributed by atoms with Gasteiger partial charge in [0.05, 0.1) is 29.8 Å². The van der Waals surface area contributed by atoms with Crippen LogP contribution >= 0.6 is 11.6 Å².